The lowest BCUT2D eigenvalue weighted by Gasteiger charge is -2.29. The van der Waals surface area contributed by atoms with Crippen molar-refractivity contribution in [2.75, 3.05) is 155 Å². The number of anilines is 5. The molecule has 0 spiro atoms. The first kappa shape index (κ1) is 101. The van der Waals surface area contributed by atoms with Gasteiger partial charge < -0.3 is 104 Å². The molecule has 0 bridgehead atoms. The zero-order chi connectivity index (χ0) is 101. The van der Waals surface area contributed by atoms with Crippen LogP contribution in [0.5, 0.6) is 0 Å². The number of Topliss-reactive ketones (excluding diaryl/α,β-unsaturated/α-hetero) is 5. The maximum atomic E-state index is 13.2. The van der Waals surface area contributed by atoms with Gasteiger partial charge in [-0.2, -0.15) is 0 Å². The topological polar surface area (TPSA) is 497 Å². The lowest BCUT2D eigenvalue weighted by Crippen LogP contribution is -2.43. The van der Waals surface area contributed by atoms with Crippen LogP contribution < -0.4 is 104 Å². The molecule has 10 aliphatic heterocycles. The van der Waals surface area contributed by atoms with E-state index in [4.69, 9.17) is 11.6 Å². The highest BCUT2D eigenvalue weighted by molar-refractivity contribution is 6.30. The number of non-ortho nitro benzene ring substituents is 2. The Morgan fingerprint density at radius 1 is 0.262 bits per heavy atom. The van der Waals surface area contributed by atoms with Crippen molar-refractivity contribution in [3.63, 3.8) is 0 Å². The Hall–Kier alpha value is -17.1. The number of nitrogens with one attached hydrogen (secondary N) is 15. The second kappa shape index (κ2) is 47.9. The maximum absolute atomic E-state index is 13.2. The molecule has 20 rings (SSSR count). The predicted octanol–water partition coefficient (Wildman–Crippen LogP) is 11.5. The third-order valence-corrected chi connectivity index (χ3v) is 26.0. The van der Waals surface area contributed by atoms with Gasteiger partial charge in [0.15, 0.2) is 28.9 Å². The third kappa shape index (κ3) is 25.4. The molecule has 40 heteroatoms. The van der Waals surface area contributed by atoms with Gasteiger partial charge in [0.1, 0.15) is 0 Å². The highest BCUT2D eigenvalue weighted by Crippen LogP contribution is 2.38. The molecular weight excluding hydrogens is 1870 g/mol. The van der Waals surface area contributed by atoms with Gasteiger partial charge in [-0.3, -0.25) is 54.3 Å². The van der Waals surface area contributed by atoms with Crippen LogP contribution in [-0.4, -0.2) is 205 Å². The Labute approximate surface area is 838 Å². The standard InChI is InChI=1S/C21H21ClN4O2.3C21H21N5O4.C21H22N4O2/c22-16-5-1-14(2-6-16)19-18(13-24-21(28)25-19)20(27)15-3-7-17(8-4-15)26-11-9-23-10-12-26;27-20(15-3-5-16(6-4-15)25-11-9-22-10-12-25)18-13-23-21(28)24-19(18)14-1-7-17(8-2-14)26(29)30;27-20(14-4-6-16(7-5-14)25-10-8-22-9-11-25)18-13-23-21(28)24-19(18)15-2-1-3-17(12-15)26(29)30;27-20(14-5-7-15(8-6-14)25-11-9-22-10-12-25)17-13-23-21(28)24-19(17)16-3-1-2-4-18(16)26(29)30;26-20(16-6-8-17(9-7-16)25-12-10-22-11-13-25)18-14-23-21(27)24-19(18)15-4-2-1-3-5-15/h1-8,13,19,23H,9-12H2,(H2,24,25,28);1-8,13,19,22H,9-12H2,(H2,23,24,28);1-7,12-13,19,22H,8-11H2,(H2,23,24,28);1-8,13,19,22H,9-12H2,(H2,23,24,28);1-9,14,19,22H,10-13H2,(H2,23,24,27). The van der Waals surface area contributed by atoms with E-state index in [9.17, 15) is 78.3 Å². The van der Waals surface area contributed by atoms with E-state index in [1.54, 1.807) is 84.9 Å². The summed E-state index contributed by atoms with van der Waals surface area (Å²) in [5.74, 6) is -1.01. The number of para-hydroxylation sites is 1. The van der Waals surface area contributed by atoms with E-state index >= 15 is 0 Å². The molecule has 39 nitrogen and oxygen atoms in total. The number of nitro groups is 3. The fourth-order valence-electron chi connectivity index (χ4n) is 18.0. The minimum Gasteiger partial charge on any atom is -0.369 e. The molecule has 15 N–H and O–H groups in total. The molecule has 145 heavy (non-hydrogen) atoms. The summed E-state index contributed by atoms with van der Waals surface area (Å²) in [7, 11) is 0. The fourth-order valence-corrected chi connectivity index (χ4v) is 18.2. The average Bonchev–Trinajstić information content (AvgIpc) is 0.792. The average molecular weight is 1980 g/mol. The zero-order valence-electron chi connectivity index (χ0n) is 78.6. The van der Waals surface area contributed by atoms with Gasteiger partial charge in [-0.1, -0.05) is 78.3 Å². The summed E-state index contributed by atoms with van der Waals surface area (Å²) < 4.78 is 0. The van der Waals surface area contributed by atoms with Gasteiger partial charge in [-0.25, -0.2) is 24.0 Å². The van der Waals surface area contributed by atoms with E-state index in [1.807, 2.05) is 127 Å². The summed E-state index contributed by atoms with van der Waals surface area (Å²) in [5.41, 5.74) is 12.6. The largest absolute Gasteiger partial charge is 0.369 e. The first-order valence-electron chi connectivity index (χ1n) is 47.3. The van der Waals surface area contributed by atoms with E-state index in [1.165, 1.54) is 67.4 Å². The zero-order valence-corrected chi connectivity index (χ0v) is 79.3. The number of carbonyl (C=O) groups excluding carboxylic acids is 10. The number of ketones is 5. The second-order valence-corrected chi connectivity index (χ2v) is 35.2. The van der Waals surface area contributed by atoms with Crippen LogP contribution in [0.15, 0.2) is 308 Å². The van der Waals surface area contributed by atoms with Gasteiger partial charge in [0.05, 0.1) is 50.5 Å². The highest BCUT2D eigenvalue weighted by Gasteiger charge is 2.37. The lowest BCUT2D eigenvalue weighted by atomic mass is 9.91. The molecule has 10 amide bonds. The molecule has 5 atom stereocenters. The summed E-state index contributed by atoms with van der Waals surface area (Å²) >= 11 is 5.96. The van der Waals surface area contributed by atoms with Crippen molar-refractivity contribution in [2.45, 2.75) is 30.2 Å². The maximum Gasteiger partial charge on any atom is 0.319 e. The van der Waals surface area contributed by atoms with Crippen LogP contribution in [-0.2, 0) is 0 Å². The molecule has 5 unspecified atom stereocenters. The van der Waals surface area contributed by atoms with Gasteiger partial charge in [0.2, 0.25) is 0 Å². The number of hydrogen-bond acceptors (Lipinski definition) is 26. The Morgan fingerprint density at radius 3 is 0.800 bits per heavy atom. The van der Waals surface area contributed by atoms with E-state index in [0.29, 0.717) is 66.3 Å². The van der Waals surface area contributed by atoms with E-state index < -0.39 is 63.1 Å². The van der Waals surface area contributed by atoms with E-state index in [0.717, 1.165) is 170 Å². The normalized spacial score (nSPS) is 19.1. The minimum absolute atomic E-state index is 0.0561. The van der Waals surface area contributed by atoms with Crippen molar-refractivity contribution in [2.24, 2.45) is 0 Å². The van der Waals surface area contributed by atoms with Crippen LogP contribution in [0.1, 0.15) is 110 Å². The van der Waals surface area contributed by atoms with Gasteiger partial charge >= 0.3 is 30.2 Å². The molecular formula is C105H106ClN23O16. The number of carbonyl (C=O) groups is 10. The molecule has 0 radical (unpaired) electrons. The summed E-state index contributed by atoms with van der Waals surface area (Å²) in [6.07, 6.45) is 7.10. The fraction of sp³-hybridized carbons (Fsp3) is 0.238. The second-order valence-electron chi connectivity index (χ2n) is 34.8. The summed E-state index contributed by atoms with van der Waals surface area (Å²) in [4.78, 5) is 168. The van der Waals surface area contributed by atoms with Crippen molar-refractivity contribution in [3.8, 4) is 0 Å². The van der Waals surface area contributed by atoms with Crippen molar-refractivity contribution >= 4 is 116 Å². The van der Waals surface area contributed by atoms with Gasteiger partial charge in [-0.05, 0) is 174 Å². The molecule has 5 saturated heterocycles. The Bertz CT molecular complexity index is 6630. The van der Waals surface area contributed by atoms with Crippen molar-refractivity contribution in [1.29, 1.82) is 0 Å². The van der Waals surface area contributed by atoms with Crippen molar-refractivity contribution < 1.29 is 62.7 Å². The molecule has 744 valence electrons. The number of piperazine rings is 5. The third-order valence-electron chi connectivity index (χ3n) is 25.7. The molecule has 10 aromatic carbocycles. The van der Waals surface area contributed by atoms with Crippen molar-refractivity contribution in [3.05, 3.63) is 399 Å². The summed E-state index contributed by atoms with van der Waals surface area (Å²) in [6, 6.07) is 66.4. The number of nitrogens with zero attached hydrogens (tertiary/aromatic N) is 8. The minimum atomic E-state index is -0.916. The Balaban J connectivity index is 0.000000130. The number of halogens is 1. The van der Waals surface area contributed by atoms with Crippen LogP contribution in [0.25, 0.3) is 0 Å². The number of amides is 10. The number of rotatable bonds is 23. The van der Waals surface area contributed by atoms with Gasteiger partial charge in [0, 0.05) is 281 Å². The molecule has 10 heterocycles. The van der Waals surface area contributed by atoms with Crippen LogP contribution in [0.4, 0.5) is 69.5 Å². The number of nitro benzene ring substituents is 3. The summed E-state index contributed by atoms with van der Waals surface area (Å²) in [6.45, 7) is 18.6. The molecule has 0 aromatic heterocycles. The van der Waals surface area contributed by atoms with Crippen molar-refractivity contribution in [1.82, 2.24) is 79.8 Å². The SMILES string of the molecule is O=C1NC=C(C(=O)c2ccc(N3CCNCC3)cc2)C(c2ccc(Cl)cc2)N1.O=C1NC=C(C(=O)c2ccc(N3CCNCC3)cc2)C(c2ccc([N+](=O)[O-])cc2)N1.O=C1NC=C(C(=O)c2ccc(N3CCNCC3)cc2)C(c2cccc([N+](=O)[O-])c2)N1.O=C1NC=C(C(=O)c2ccc(N3CCNCC3)cc2)C(c2ccccc2)N1.O=C1NC=C(C(=O)c2ccc(N3CCNCC3)cc2)C(c2ccccc2[N+](=O)[O-])N1. The molecule has 0 saturated carbocycles. The monoisotopic (exact) mass is 1980 g/mol. The number of urea groups is 5. The Kier molecular flexibility index (Phi) is 33.3. The Morgan fingerprint density at radius 2 is 0.510 bits per heavy atom. The first-order valence-corrected chi connectivity index (χ1v) is 47.7. The highest BCUT2D eigenvalue weighted by atomic mass is 35.5. The molecule has 10 aromatic rings. The summed E-state index contributed by atoms with van der Waals surface area (Å²) in [5, 5.41) is 77.0. The molecule has 5 fully saturated rings. The van der Waals surface area contributed by atoms with Crippen LogP contribution >= 0.6 is 11.6 Å². The lowest BCUT2D eigenvalue weighted by molar-refractivity contribution is -0.385. The van der Waals surface area contributed by atoms with Crippen LogP contribution in [0.3, 0.4) is 0 Å². The van der Waals surface area contributed by atoms with Gasteiger partial charge in [-0.15, -0.1) is 0 Å². The smallest absolute Gasteiger partial charge is 0.319 e. The van der Waals surface area contributed by atoms with Crippen LogP contribution in [0, 0.1) is 30.3 Å². The number of hydrogen-bond donors (Lipinski definition) is 15. The van der Waals surface area contributed by atoms with E-state index in [2.05, 4.69) is 104 Å². The first-order chi connectivity index (χ1) is 70.4. The van der Waals surface area contributed by atoms with E-state index in [-0.39, 0.29) is 69.2 Å². The quantitative estimate of drug-likeness (QED) is 0.0161. The predicted molar refractivity (Wildman–Crippen MR) is 549 cm³/mol. The van der Waals surface area contributed by atoms with Gasteiger partial charge in [0.25, 0.3) is 17.1 Å². The molecule has 0 aliphatic carbocycles. The number of benzene rings is 10. The van der Waals surface area contributed by atoms with Crippen LogP contribution in [0.2, 0.25) is 5.02 Å². The molecule has 10 aliphatic rings.